The van der Waals surface area contributed by atoms with Gasteiger partial charge in [-0.15, -0.1) is 0 Å². The molecule has 0 radical (unpaired) electrons. The summed E-state index contributed by atoms with van der Waals surface area (Å²) in [5.74, 6) is -0.492. The van der Waals surface area contributed by atoms with E-state index < -0.39 is 21.4 Å². The van der Waals surface area contributed by atoms with Crippen LogP contribution in [0.2, 0.25) is 0 Å². The number of hydrogen-bond donors (Lipinski definition) is 2. The fourth-order valence-electron chi connectivity index (χ4n) is 2.23. The molecular weight excluding hydrogens is 254 g/mol. The Labute approximate surface area is 109 Å². The number of nitrogens with one attached hydrogen (secondary N) is 1. The predicted molar refractivity (Wildman–Crippen MR) is 69.8 cm³/mol. The molecule has 1 aliphatic rings. The summed E-state index contributed by atoms with van der Waals surface area (Å²) >= 11 is 0. The number of hydrogen-bond acceptors (Lipinski definition) is 3. The number of carbonyl (C=O) groups is 1. The minimum atomic E-state index is -3.35. The first-order valence-corrected chi connectivity index (χ1v) is 8.13. The topological polar surface area (TPSA) is 83.5 Å². The van der Waals surface area contributed by atoms with Crippen molar-refractivity contribution < 1.29 is 18.3 Å². The Morgan fingerprint density at radius 2 is 1.89 bits per heavy atom. The van der Waals surface area contributed by atoms with Gasteiger partial charge in [0.1, 0.15) is 0 Å². The van der Waals surface area contributed by atoms with Crippen LogP contribution in [-0.2, 0) is 14.8 Å². The molecule has 18 heavy (non-hydrogen) atoms. The van der Waals surface area contributed by atoms with E-state index in [0.29, 0.717) is 25.2 Å². The zero-order valence-electron chi connectivity index (χ0n) is 11.1. The highest BCUT2D eigenvalue weighted by molar-refractivity contribution is 7.89. The van der Waals surface area contributed by atoms with Gasteiger partial charge in [0.25, 0.3) is 0 Å². The van der Waals surface area contributed by atoms with Crippen molar-refractivity contribution in [3.8, 4) is 0 Å². The molecule has 0 saturated heterocycles. The first-order valence-electron chi connectivity index (χ1n) is 6.48. The maximum atomic E-state index is 11.8. The van der Waals surface area contributed by atoms with Gasteiger partial charge in [-0.05, 0) is 25.2 Å². The highest BCUT2D eigenvalue weighted by Crippen LogP contribution is 2.37. The van der Waals surface area contributed by atoms with Crippen molar-refractivity contribution in [2.24, 2.45) is 11.3 Å². The summed E-state index contributed by atoms with van der Waals surface area (Å²) in [5.41, 5.74) is -0.884. The Balaban J connectivity index is 2.55. The lowest BCUT2D eigenvalue weighted by molar-refractivity contribution is -0.148. The smallest absolute Gasteiger partial charge is 0.310 e. The molecule has 1 saturated carbocycles. The summed E-state index contributed by atoms with van der Waals surface area (Å²) in [6, 6.07) is 0. The average molecular weight is 277 g/mol. The summed E-state index contributed by atoms with van der Waals surface area (Å²) in [6.07, 6.45) is 3.44. The Morgan fingerprint density at radius 3 is 2.33 bits per heavy atom. The second-order valence-corrected chi connectivity index (χ2v) is 7.54. The van der Waals surface area contributed by atoms with Crippen LogP contribution in [0.3, 0.4) is 0 Å². The Bertz CT molecular complexity index is 383. The third-order valence-electron chi connectivity index (χ3n) is 3.61. The first kappa shape index (κ1) is 15.4. The van der Waals surface area contributed by atoms with Gasteiger partial charge in [-0.2, -0.15) is 0 Å². The fraction of sp³-hybridized carbons (Fsp3) is 0.917. The standard InChI is InChI=1S/C12H23NO4S/c1-10(2)5-8-18(16,17)13-9-12(11(14)15)6-3-4-7-12/h10,13H,3-9H2,1-2H3,(H,14,15). The lowest BCUT2D eigenvalue weighted by Crippen LogP contribution is -2.42. The number of carboxylic acid groups (broad SMARTS) is 1. The van der Waals surface area contributed by atoms with E-state index >= 15 is 0 Å². The molecule has 0 aliphatic heterocycles. The molecule has 0 atom stereocenters. The van der Waals surface area contributed by atoms with E-state index in [9.17, 15) is 18.3 Å². The largest absolute Gasteiger partial charge is 0.481 e. The van der Waals surface area contributed by atoms with Crippen molar-refractivity contribution in [3.05, 3.63) is 0 Å². The minimum Gasteiger partial charge on any atom is -0.481 e. The van der Waals surface area contributed by atoms with Crippen molar-refractivity contribution in [1.82, 2.24) is 4.72 Å². The Hall–Kier alpha value is -0.620. The molecule has 0 amide bonds. The molecule has 6 heteroatoms. The van der Waals surface area contributed by atoms with Gasteiger partial charge in [0.2, 0.25) is 10.0 Å². The minimum absolute atomic E-state index is 0.0305. The molecule has 0 unspecified atom stereocenters. The second kappa shape index (κ2) is 6.02. The summed E-state index contributed by atoms with van der Waals surface area (Å²) in [5, 5.41) is 9.24. The first-order chi connectivity index (χ1) is 8.27. The number of rotatable bonds is 7. The van der Waals surface area contributed by atoms with Gasteiger partial charge < -0.3 is 5.11 Å². The summed E-state index contributed by atoms with van der Waals surface area (Å²) in [7, 11) is -3.35. The zero-order valence-corrected chi connectivity index (χ0v) is 11.9. The molecular formula is C12H23NO4S. The van der Waals surface area contributed by atoms with Crippen molar-refractivity contribution >= 4 is 16.0 Å². The SMILES string of the molecule is CC(C)CCS(=O)(=O)NCC1(C(=O)O)CCCC1. The predicted octanol–water partition coefficient (Wildman–Crippen LogP) is 1.60. The van der Waals surface area contributed by atoms with E-state index in [0.717, 1.165) is 12.8 Å². The molecule has 0 aromatic carbocycles. The van der Waals surface area contributed by atoms with Crippen LogP contribution < -0.4 is 4.72 Å². The molecule has 0 heterocycles. The van der Waals surface area contributed by atoms with Crippen LogP contribution >= 0.6 is 0 Å². The van der Waals surface area contributed by atoms with Crippen LogP contribution in [-0.4, -0.2) is 31.8 Å². The van der Waals surface area contributed by atoms with Crippen LogP contribution in [0.25, 0.3) is 0 Å². The van der Waals surface area contributed by atoms with Gasteiger partial charge in [-0.1, -0.05) is 26.7 Å². The molecule has 1 aliphatic carbocycles. The number of sulfonamides is 1. The quantitative estimate of drug-likeness (QED) is 0.740. The van der Waals surface area contributed by atoms with Gasteiger partial charge in [0, 0.05) is 6.54 Å². The van der Waals surface area contributed by atoms with E-state index in [1.807, 2.05) is 13.8 Å². The third kappa shape index (κ3) is 4.24. The summed E-state index contributed by atoms with van der Waals surface area (Å²) in [6.45, 7) is 3.96. The molecule has 5 nitrogen and oxygen atoms in total. The zero-order chi connectivity index (χ0) is 13.8. The highest BCUT2D eigenvalue weighted by atomic mass is 32.2. The van der Waals surface area contributed by atoms with Crippen molar-refractivity contribution in [1.29, 1.82) is 0 Å². The average Bonchev–Trinajstić information content (AvgIpc) is 2.74. The Kier molecular flexibility index (Phi) is 5.16. The van der Waals surface area contributed by atoms with Gasteiger partial charge in [-0.3, -0.25) is 4.79 Å². The van der Waals surface area contributed by atoms with E-state index in [2.05, 4.69) is 4.72 Å². The van der Waals surface area contributed by atoms with E-state index in [1.165, 1.54) is 0 Å². The normalized spacial score (nSPS) is 19.3. The van der Waals surface area contributed by atoms with Gasteiger partial charge >= 0.3 is 5.97 Å². The van der Waals surface area contributed by atoms with Gasteiger partial charge in [0.15, 0.2) is 0 Å². The van der Waals surface area contributed by atoms with Gasteiger partial charge in [0.05, 0.1) is 11.2 Å². The van der Waals surface area contributed by atoms with Crippen LogP contribution in [0.15, 0.2) is 0 Å². The highest BCUT2D eigenvalue weighted by Gasteiger charge is 2.41. The van der Waals surface area contributed by atoms with Crippen LogP contribution in [0.5, 0.6) is 0 Å². The van der Waals surface area contributed by atoms with E-state index in [-0.39, 0.29) is 12.3 Å². The van der Waals surface area contributed by atoms with E-state index in [4.69, 9.17) is 0 Å². The maximum Gasteiger partial charge on any atom is 0.310 e. The summed E-state index contributed by atoms with van der Waals surface area (Å²) in [4.78, 5) is 11.3. The molecule has 1 fully saturated rings. The van der Waals surface area contributed by atoms with Crippen LogP contribution in [0.4, 0.5) is 0 Å². The number of aliphatic carboxylic acids is 1. The van der Waals surface area contributed by atoms with Gasteiger partial charge in [-0.25, -0.2) is 13.1 Å². The lowest BCUT2D eigenvalue weighted by Gasteiger charge is -2.24. The van der Waals surface area contributed by atoms with E-state index in [1.54, 1.807) is 0 Å². The molecule has 2 N–H and O–H groups in total. The molecule has 106 valence electrons. The van der Waals surface area contributed by atoms with Crippen LogP contribution in [0, 0.1) is 11.3 Å². The lowest BCUT2D eigenvalue weighted by atomic mass is 9.87. The summed E-state index contributed by atoms with van der Waals surface area (Å²) < 4.78 is 26.0. The molecule has 1 rings (SSSR count). The van der Waals surface area contributed by atoms with Crippen LogP contribution in [0.1, 0.15) is 46.0 Å². The second-order valence-electron chi connectivity index (χ2n) is 5.62. The monoisotopic (exact) mass is 277 g/mol. The maximum absolute atomic E-state index is 11.8. The number of carboxylic acids is 1. The van der Waals surface area contributed by atoms with Crippen molar-refractivity contribution in [2.45, 2.75) is 46.0 Å². The fourth-order valence-corrected chi connectivity index (χ4v) is 3.65. The molecule has 0 spiro atoms. The molecule has 0 bridgehead atoms. The molecule has 0 aromatic rings. The third-order valence-corrected chi connectivity index (χ3v) is 4.97. The Morgan fingerprint density at radius 1 is 1.33 bits per heavy atom. The van der Waals surface area contributed by atoms with Crippen molar-refractivity contribution in [3.63, 3.8) is 0 Å². The van der Waals surface area contributed by atoms with Crippen molar-refractivity contribution in [2.75, 3.05) is 12.3 Å². The molecule has 0 aromatic heterocycles.